The molecular weight excluding hydrogens is 400 g/mol. The summed E-state index contributed by atoms with van der Waals surface area (Å²) in [6.45, 7) is 10.0. The second-order valence-electron chi connectivity index (χ2n) is 6.03. The average Bonchev–Trinajstić information content (AvgIpc) is 2.29. The van der Waals surface area contributed by atoms with Crippen molar-refractivity contribution < 1.29 is 9.53 Å². The van der Waals surface area contributed by atoms with E-state index in [0.717, 1.165) is 14.6 Å². The van der Waals surface area contributed by atoms with Gasteiger partial charge in [0.05, 0.1) is 5.69 Å². The van der Waals surface area contributed by atoms with Gasteiger partial charge in [0.1, 0.15) is 5.60 Å². The molecule has 0 aromatic heterocycles. The summed E-state index contributed by atoms with van der Waals surface area (Å²) in [5.41, 5.74) is 1.65. The van der Waals surface area contributed by atoms with Crippen LogP contribution in [0.3, 0.4) is 0 Å². The first-order chi connectivity index (χ1) is 9.58. The van der Waals surface area contributed by atoms with Crippen LogP contribution in [0, 0.1) is 6.92 Å². The smallest absolute Gasteiger partial charge is 0.407 e. The molecule has 1 aromatic carbocycles. The number of halogens is 2. The van der Waals surface area contributed by atoms with Crippen LogP contribution in [-0.2, 0) is 4.74 Å². The van der Waals surface area contributed by atoms with Gasteiger partial charge < -0.3 is 15.4 Å². The average molecular weight is 422 g/mol. The van der Waals surface area contributed by atoms with Crippen LogP contribution in [-0.4, -0.2) is 24.3 Å². The largest absolute Gasteiger partial charge is 0.444 e. The van der Waals surface area contributed by atoms with Gasteiger partial charge in [-0.2, -0.15) is 0 Å². The molecule has 1 unspecified atom stereocenters. The van der Waals surface area contributed by atoms with E-state index in [4.69, 9.17) is 4.74 Å². The summed E-state index contributed by atoms with van der Waals surface area (Å²) in [5, 5.41) is 6.12. The van der Waals surface area contributed by atoms with Gasteiger partial charge in [-0.3, -0.25) is 0 Å². The lowest BCUT2D eigenvalue weighted by Crippen LogP contribution is -2.38. The summed E-state index contributed by atoms with van der Waals surface area (Å²) in [7, 11) is 0. The minimum atomic E-state index is -0.482. The molecule has 1 aromatic rings. The number of rotatable bonds is 4. The maximum absolute atomic E-state index is 11.6. The van der Waals surface area contributed by atoms with Crippen LogP contribution < -0.4 is 10.6 Å². The highest BCUT2D eigenvalue weighted by Crippen LogP contribution is 2.32. The first-order valence-corrected chi connectivity index (χ1v) is 8.36. The molecule has 118 valence electrons. The fraction of sp³-hybridized carbons (Fsp3) is 0.533. The third kappa shape index (κ3) is 6.70. The molecule has 4 nitrogen and oxygen atoms in total. The summed E-state index contributed by atoms with van der Waals surface area (Å²) in [6.07, 6.45) is -0.404. The molecule has 0 aliphatic carbocycles. The Balaban J connectivity index is 2.55. The standard InChI is InChI=1S/C15H22Br2N2O2/c1-9-6-11(16)13(12(17)7-9)19-10(2)8-18-14(20)21-15(3,4)5/h6-7,10,19H,8H2,1-5H3,(H,18,20). The Bertz CT molecular complexity index is 490. The zero-order valence-corrected chi connectivity index (χ0v) is 16.2. The molecule has 1 atom stereocenters. The van der Waals surface area contributed by atoms with Gasteiger partial charge in [0.15, 0.2) is 0 Å². The number of carbonyl (C=O) groups is 1. The lowest BCUT2D eigenvalue weighted by Gasteiger charge is -2.22. The summed E-state index contributed by atoms with van der Waals surface area (Å²) in [6, 6.07) is 4.15. The van der Waals surface area contributed by atoms with E-state index in [2.05, 4.69) is 42.5 Å². The fourth-order valence-corrected chi connectivity index (χ4v) is 3.33. The van der Waals surface area contributed by atoms with Crippen LogP contribution in [0.25, 0.3) is 0 Å². The summed E-state index contributed by atoms with van der Waals surface area (Å²) >= 11 is 7.08. The van der Waals surface area contributed by atoms with Crippen molar-refractivity contribution in [2.45, 2.75) is 46.3 Å². The topological polar surface area (TPSA) is 50.4 Å². The predicted molar refractivity (Wildman–Crippen MR) is 93.9 cm³/mol. The number of carbonyl (C=O) groups excluding carboxylic acids is 1. The van der Waals surface area contributed by atoms with Gasteiger partial charge in [0.2, 0.25) is 0 Å². The Morgan fingerprint density at radius 2 is 1.81 bits per heavy atom. The van der Waals surface area contributed by atoms with Crippen molar-refractivity contribution in [3.63, 3.8) is 0 Å². The molecule has 0 saturated heterocycles. The minimum absolute atomic E-state index is 0.0628. The number of benzene rings is 1. The molecular formula is C15H22Br2N2O2. The fourth-order valence-electron chi connectivity index (χ4n) is 1.69. The number of hydrogen-bond acceptors (Lipinski definition) is 3. The normalized spacial score (nSPS) is 12.7. The van der Waals surface area contributed by atoms with Crippen LogP contribution in [0.4, 0.5) is 10.5 Å². The monoisotopic (exact) mass is 420 g/mol. The predicted octanol–water partition coefficient (Wildman–Crippen LogP) is 4.85. The highest BCUT2D eigenvalue weighted by Gasteiger charge is 2.17. The van der Waals surface area contributed by atoms with Gasteiger partial charge in [-0.15, -0.1) is 0 Å². The number of nitrogens with one attached hydrogen (secondary N) is 2. The summed E-state index contributed by atoms with van der Waals surface area (Å²) in [4.78, 5) is 11.6. The van der Waals surface area contributed by atoms with Crippen molar-refractivity contribution in [2.24, 2.45) is 0 Å². The van der Waals surface area contributed by atoms with Crippen molar-refractivity contribution >= 4 is 43.6 Å². The third-order valence-corrected chi connectivity index (χ3v) is 3.78. The SMILES string of the molecule is Cc1cc(Br)c(NC(C)CNC(=O)OC(C)(C)C)c(Br)c1. The van der Waals surface area contributed by atoms with Gasteiger partial charge >= 0.3 is 6.09 Å². The van der Waals surface area contributed by atoms with Gasteiger partial charge in [0, 0.05) is 21.5 Å². The molecule has 0 spiro atoms. The van der Waals surface area contributed by atoms with E-state index in [0.29, 0.717) is 6.54 Å². The summed E-state index contributed by atoms with van der Waals surface area (Å²) in [5.74, 6) is 0. The molecule has 1 rings (SSSR count). The Morgan fingerprint density at radius 3 is 2.29 bits per heavy atom. The van der Waals surface area contributed by atoms with Crippen LogP contribution in [0.1, 0.15) is 33.3 Å². The van der Waals surface area contributed by atoms with Crippen molar-refractivity contribution in [1.29, 1.82) is 0 Å². The van der Waals surface area contributed by atoms with Gasteiger partial charge in [0.25, 0.3) is 0 Å². The number of hydrogen-bond donors (Lipinski definition) is 2. The molecule has 0 aliphatic rings. The maximum atomic E-state index is 11.6. The van der Waals surface area contributed by atoms with E-state index in [1.807, 2.05) is 46.8 Å². The molecule has 0 aliphatic heterocycles. The maximum Gasteiger partial charge on any atom is 0.407 e. The van der Waals surface area contributed by atoms with Gasteiger partial charge in [-0.25, -0.2) is 4.79 Å². The van der Waals surface area contributed by atoms with Crippen LogP contribution >= 0.6 is 31.9 Å². The quantitative estimate of drug-likeness (QED) is 0.730. The first kappa shape index (κ1) is 18.3. The number of anilines is 1. The molecule has 1 amide bonds. The molecule has 0 radical (unpaired) electrons. The van der Waals surface area contributed by atoms with E-state index in [-0.39, 0.29) is 6.04 Å². The minimum Gasteiger partial charge on any atom is -0.444 e. The lowest BCUT2D eigenvalue weighted by molar-refractivity contribution is 0.0526. The molecule has 0 heterocycles. The van der Waals surface area contributed by atoms with Crippen LogP contribution in [0.5, 0.6) is 0 Å². The van der Waals surface area contributed by atoms with E-state index in [1.165, 1.54) is 5.56 Å². The van der Waals surface area contributed by atoms with E-state index < -0.39 is 11.7 Å². The van der Waals surface area contributed by atoms with Crippen molar-refractivity contribution in [1.82, 2.24) is 5.32 Å². The number of alkyl carbamates (subject to hydrolysis) is 1. The van der Waals surface area contributed by atoms with Crippen LogP contribution in [0.15, 0.2) is 21.1 Å². The number of amides is 1. The molecule has 0 saturated carbocycles. The first-order valence-electron chi connectivity index (χ1n) is 6.77. The Hall–Kier alpha value is -0.750. The molecule has 0 fully saturated rings. The van der Waals surface area contributed by atoms with Crippen LogP contribution in [0.2, 0.25) is 0 Å². The zero-order chi connectivity index (χ0) is 16.2. The van der Waals surface area contributed by atoms with E-state index in [9.17, 15) is 4.79 Å². The molecule has 6 heteroatoms. The second-order valence-corrected chi connectivity index (χ2v) is 7.74. The zero-order valence-electron chi connectivity index (χ0n) is 13.0. The van der Waals surface area contributed by atoms with Gasteiger partial charge in [-0.05, 0) is 84.2 Å². The Kier molecular flexibility index (Phi) is 6.53. The summed E-state index contributed by atoms with van der Waals surface area (Å²) < 4.78 is 7.17. The van der Waals surface area contributed by atoms with Crippen molar-refractivity contribution in [2.75, 3.05) is 11.9 Å². The van der Waals surface area contributed by atoms with Crippen molar-refractivity contribution in [3.05, 3.63) is 26.6 Å². The highest BCUT2D eigenvalue weighted by molar-refractivity contribution is 9.11. The lowest BCUT2D eigenvalue weighted by atomic mass is 10.2. The Labute approximate surface area is 143 Å². The Morgan fingerprint density at radius 1 is 1.29 bits per heavy atom. The van der Waals surface area contributed by atoms with E-state index in [1.54, 1.807) is 0 Å². The number of ether oxygens (including phenoxy) is 1. The second kappa shape index (κ2) is 7.49. The van der Waals surface area contributed by atoms with E-state index >= 15 is 0 Å². The highest BCUT2D eigenvalue weighted by atomic mass is 79.9. The molecule has 0 bridgehead atoms. The third-order valence-electron chi connectivity index (χ3n) is 2.53. The van der Waals surface area contributed by atoms with Gasteiger partial charge in [-0.1, -0.05) is 0 Å². The number of aryl methyl sites for hydroxylation is 1. The molecule has 2 N–H and O–H groups in total. The molecule has 21 heavy (non-hydrogen) atoms. The van der Waals surface area contributed by atoms with Crippen molar-refractivity contribution in [3.8, 4) is 0 Å².